The van der Waals surface area contributed by atoms with E-state index >= 15 is 0 Å². The van der Waals surface area contributed by atoms with Crippen molar-refractivity contribution in [3.05, 3.63) is 72.9 Å². The Labute approximate surface area is 462 Å². The first-order valence-corrected chi connectivity index (χ1v) is 31.1. The maximum absolute atomic E-state index is 12.9. The summed E-state index contributed by atoms with van der Waals surface area (Å²) in [5, 5.41) is 9.72. The van der Waals surface area contributed by atoms with Crippen LogP contribution in [0, 0.1) is 0 Å². The second kappa shape index (κ2) is 56.9. The number of nitrogens with zero attached hydrogens (tertiary/aromatic N) is 1. The Morgan fingerprint density at radius 1 is 0.413 bits per heavy atom. The molecule has 75 heavy (non-hydrogen) atoms. The highest BCUT2D eigenvalue weighted by atomic mass is 16.7. The summed E-state index contributed by atoms with van der Waals surface area (Å²) in [6.45, 7) is 4.78. The molecule has 0 spiro atoms. The first-order chi connectivity index (χ1) is 36.6. The smallest absolute Gasteiger partial charge is 0.361 e. The maximum atomic E-state index is 12.9. The number of aliphatic carboxylic acids is 1. The van der Waals surface area contributed by atoms with E-state index < -0.39 is 24.3 Å². The molecular formula is C66H118NO8+. The zero-order chi connectivity index (χ0) is 54.8. The van der Waals surface area contributed by atoms with Crippen molar-refractivity contribution in [2.45, 2.75) is 283 Å². The van der Waals surface area contributed by atoms with Gasteiger partial charge in [0, 0.05) is 12.8 Å². The molecule has 2 unspecified atom stereocenters. The van der Waals surface area contributed by atoms with Gasteiger partial charge in [0.25, 0.3) is 6.29 Å². The molecule has 0 amide bonds. The molecule has 9 heteroatoms. The highest BCUT2D eigenvalue weighted by molar-refractivity contribution is 5.71. The SMILES string of the molecule is CC/C=C\C/C=C\C/C=C\C/C=C\CCCCCCCCCCCCCCCCCCC(=O)OC(COC(=O)CCCCCCCCCCC/C=C\C/C=C\CCCCCCC)COC(OCC[N+](C)(C)C)C(=O)O. The third-order valence-electron chi connectivity index (χ3n) is 13.4. The molecule has 0 aliphatic heterocycles. The quantitative estimate of drug-likeness (QED) is 0.0211. The van der Waals surface area contributed by atoms with Gasteiger partial charge in [0.1, 0.15) is 13.2 Å². The number of likely N-dealkylation sites (N-methyl/N-ethyl adjacent to an activating group) is 1. The second-order valence-corrected chi connectivity index (χ2v) is 22.0. The first-order valence-electron chi connectivity index (χ1n) is 31.1. The number of ether oxygens (including phenoxy) is 4. The monoisotopic (exact) mass is 1050 g/mol. The molecule has 0 fully saturated rings. The third kappa shape index (κ3) is 58.3. The number of allylic oxidation sites excluding steroid dienone is 12. The van der Waals surface area contributed by atoms with Crippen molar-refractivity contribution in [1.29, 1.82) is 0 Å². The van der Waals surface area contributed by atoms with Gasteiger partial charge in [-0.25, -0.2) is 4.79 Å². The number of carbonyl (C=O) groups is 3. The number of hydrogen-bond donors (Lipinski definition) is 1. The molecule has 0 aliphatic carbocycles. The summed E-state index contributed by atoms with van der Waals surface area (Å²) in [4.78, 5) is 37.5. The molecule has 0 aliphatic rings. The van der Waals surface area contributed by atoms with Gasteiger partial charge in [0.15, 0.2) is 6.10 Å². The predicted molar refractivity (Wildman–Crippen MR) is 318 cm³/mol. The normalized spacial score (nSPS) is 13.2. The molecule has 9 nitrogen and oxygen atoms in total. The van der Waals surface area contributed by atoms with Gasteiger partial charge < -0.3 is 28.5 Å². The van der Waals surface area contributed by atoms with Crippen LogP contribution in [-0.4, -0.2) is 87.4 Å². The lowest BCUT2D eigenvalue weighted by Crippen LogP contribution is -2.40. The summed E-state index contributed by atoms with van der Waals surface area (Å²) in [6, 6.07) is 0. The van der Waals surface area contributed by atoms with E-state index in [-0.39, 0.29) is 32.2 Å². The van der Waals surface area contributed by atoms with Crippen LogP contribution in [0.2, 0.25) is 0 Å². The highest BCUT2D eigenvalue weighted by Crippen LogP contribution is 2.17. The van der Waals surface area contributed by atoms with E-state index in [1.807, 2.05) is 21.1 Å². The Kier molecular flexibility index (Phi) is 54.4. The van der Waals surface area contributed by atoms with Crippen molar-refractivity contribution >= 4 is 17.9 Å². The average molecular weight is 1050 g/mol. The molecule has 0 rings (SSSR count). The minimum Gasteiger partial charge on any atom is -0.477 e. The fourth-order valence-corrected chi connectivity index (χ4v) is 8.68. The van der Waals surface area contributed by atoms with Crippen LogP contribution in [0.5, 0.6) is 0 Å². The number of carboxylic acids is 1. The summed E-state index contributed by atoms with van der Waals surface area (Å²) in [5.41, 5.74) is 0. The van der Waals surface area contributed by atoms with Gasteiger partial charge in [-0.2, -0.15) is 0 Å². The van der Waals surface area contributed by atoms with Crippen LogP contribution < -0.4 is 0 Å². The van der Waals surface area contributed by atoms with Crippen molar-refractivity contribution in [1.82, 2.24) is 0 Å². The number of quaternary nitrogens is 1. The molecule has 0 saturated heterocycles. The largest absolute Gasteiger partial charge is 0.477 e. The Hall–Kier alpha value is -3.27. The summed E-state index contributed by atoms with van der Waals surface area (Å²) >= 11 is 0. The fraction of sp³-hybridized carbons (Fsp3) is 0.773. The summed E-state index contributed by atoms with van der Waals surface area (Å²) in [7, 11) is 5.97. The summed E-state index contributed by atoms with van der Waals surface area (Å²) < 4.78 is 22.9. The van der Waals surface area contributed by atoms with Crippen LogP contribution >= 0.6 is 0 Å². The van der Waals surface area contributed by atoms with Crippen molar-refractivity contribution in [3.8, 4) is 0 Å². The maximum Gasteiger partial charge on any atom is 0.361 e. The molecule has 0 aromatic rings. The fourth-order valence-electron chi connectivity index (χ4n) is 8.68. The molecule has 0 radical (unpaired) electrons. The molecule has 0 bridgehead atoms. The lowest BCUT2D eigenvalue weighted by atomic mass is 10.0. The number of esters is 2. The molecule has 434 valence electrons. The second-order valence-electron chi connectivity index (χ2n) is 22.0. The predicted octanol–water partition coefficient (Wildman–Crippen LogP) is 18.6. The van der Waals surface area contributed by atoms with Gasteiger partial charge >= 0.3 is 17.9 Å². The van der Waals surface area contributed by atoms with Crippen LogP contribution in [0.3, 0.4) is 0 Å². The van der Waals surface area contributed by atoms with E-state index in [1.54, 1.807) is 0 Å². The van der Waals surface area contributed by atoms with Crippen molar-refractivity contribution in [2.75, 3.05) is 47.5 Å². The Morgan fingerprint density at radius 3 is 1.13 bits per heavy atom. The lowest BCUT2D eigenvalue weighted by Gasteiger charge is -2.25. The number of carbonyl (C=O) groups excluding carboxylic acids is 2. The van der Waals surface area contributed by atoms with E-state index in [9.17, 15) is 19.5 Å². The van der Waals surface area contributed by atoms with Gasteiger partial charge in [0.05, 0.1) is 34.4 Å². The molecular weight excluding hydrogens is 935 g/mol. The van der Waals surface area contributed by atoms with Crippen LogP contribution in [0.4, 0.5) is 0 Å². The lowest BCUT2D eigenvalue weighted by molar-refractivity contribution is -0.870. The van der Waals surface area contributed by atoms with E-state index in [2.05, 4.69) is 86.8 Å². The van der Waals surface area contributed by atoms with Crippen LogP contribution in [0.15, 0.2) is 72.9 Å². The van der Waals surface area contributed by atoms with E-state index in [0.717, 1.165) is 70.6 Å². The van der Waals surface area contributed by atoms with Gasteiger partial charge in [0.2, 0.25) is 0 Å². The van der Waals surface area contributed by atoms with Crippen LogP contribution in [0.25, 0.3) is 0 Å². The standard InChI is InChI=1S/C66H117NO8/c1-6-8-10-12-14-16-18-20-22-24-26-28-29-30-31-32-33-34-35-37-39-41-43-45-47-49-51-53-55-57-64(69)75-62(61-74-66(65(70)71)72-59-58-67(3,4)5)60-73-63(68)56-54-52-50-48-46-44-42-40-38-36-27-25-23-21-19-17-15-13-11-9-7-2/h8,10,14,16,19-22,25-28,62,66H,6-7,9,11-13,15,17-18,23-24,29-61H2,1-5H3/p+1/b10-8-,16-14-,21-19-,22-20-,27-25-,28-26-. The molecule has 0 heterocycles. The van der Waals surface area contributed by atoms with Crippen molar-refractivity contribution in [3.63, 3.8) is 0 Å². The molecule has 2 atom stereocenters. The zero-order valence-electron chi connectivity index (χ0n) is 49.4. The summed E-state index contributed by atoms with van der Waals surface area (Å²) in [6.07, 6.45) is 71.3. The van der Waals surface area contributed by atoms with Crippen LogP contribution in [-0.2, 0) is 33.3 Å². The zero-order valence-corrected chi connectivity index (χ0v) is 49.4. The average Bonchev–Trinajstić information content (AvgIpc) is 3.38. The Bertz CT molecular complexity index is 1460. The molecule has 0 aromatic carbocycles. The van der Waals surface area contributed by atoms with E-state index in [4.69, 9.17) is 18.9 Å². The minimum atomic E-state index is -1.51. The van der Waals surface area contributed by atoms with Gasteiger partial charge in [-0.15, -0.1) is 0 Å². The molecule has 0 saturated carbocycles. The van der Waals surface area contributed by atoms with Gasteiger partial charge in [-0.1, -0.05) is 247 Å². The molecule has 0 aromatic heterocycles. The van der Waals surface area contributed by atoms with Gasteiger partial charge in [-0.3, -0.25) is 9.59 Å². The van der Waals surface area contributed by atoms with Crippen molar-refractivity contribution in [2.24, 2.45) is 0 Å². The van der Waals surface area contributed by atoms with Crippen molar-refractivity contribution < 1.29 is 42.9 Å². The highest BCUT2D eigenvalue weighted by Gasteiger charge is 2.25. The first kappa shape index (κ1) is 71.7. The number of rotatable bonds is 57. The summed E-state index contributed by atoms with van der Waals surface area (Å²) in [5.74, 6) is -2.00. The van der Waals surface area contributed by atoms with E-state index in [0.29, 0.717) is 17.4 Å². The third-order valence-corrected chi connectivity index (χ3v) is 13.4. The minimum absolute atomic E-state index is 0.184. The van der Waals surface area contributed by atoms with Crippen LogP contribution in [0.1, 0.15) is 271 Å². The molecule has 1 N–H and O–H groups in total. The number of carboxylic acid groups (broad SMARTS) is 1. The Balaban J connectivity index is 4.18. The number of hydrogen-bond acceptors (Lipinski definition) is 7. The topological polar surface area (TPSA) is 108 Å². The Morgan fingerprint density at radius 2 is 0.760 bits per heavy atom. The number of unbranched alkanes of at least 4 members (excludes halogenated alkanes) is 30. The van der Waals surface area contributed by atoms with Gasteiger partial charge in [-0.05, 0) is 83.5 Å². The van der Waals surface area contributed by atoms with E-state index in [1.165, 1.54) is 173 Å².